The van der Waals surface area contributed by atoms with Gasteiger partial charge in [0.05, 0.1) is 0 Å². The van der Waals surface area contributed by atoms with Crippen LogP contribution < -0.4 is 0 Å². The van der Waals surface area contributed by atoms with E-state index in [9.17, 15) is 9.90 Å². The van der Waals surface area contributed by atoms with Gasteiger partial charge in [0.1, 0.15) is 0 Å². The van der Waals surface area contributed by atoms with Gasteiger partial charge in [0.25, 0.3) is 0 Å². The van der Waals surface area contributed by atoms with Crippen molar-refractivity contribution in [3.05, 3.63) is 41.7 Å². The average Bonchev–Trinajstić information content (AvgIpc) is 3.12. The molecule has 0 bridgehead atoms. The topological polar surface area (TPSA) is 80.9 Å². The molecule has 0 saturated carbocycles. The van der Waals surface area contributed by atoms with Gasteiger partial charge in [-0.25, -0.2) is 4.79 Å². The average molecular weight is 373 g/mol. The van der Waals surface area contributed by atoms with Crippen LogP contribution in [-0.2, 0) is 11.2 Å². The molecular weight excluding hydrogens is 340 g/mol. The molecule has 1 aromatic carbocycles. The highest BCUT2D eigenvalue weighted by Crippen LogP contribution is 2.17. The minimum absolute atomic E-state index is 0.622. The Balaban J connectivity index is 1.69. The van der Waals surface area contributed by atoms with Gasteiger partial charge in [-0.1, -0.05) is 95.0 Å². The fourth-order valence-electron chi connectivity index (χ4n) is 3.25. The Morgan fingerprint density at radius 2 is 1.56 bits per heavy atom. The first-order chi connectivity index (χ1) is 13.2. The molecule has 2 rings (SSSR count). The van der Waals surface area contributed by atoms with Gasteiger partial charge in [-0.05, 0) is 17.2 Å². The van der Waals surface area contributed by atoms with Gasteiger partial charge in [0, 0.05) is 6.42 Å². The Bertz CT molecular complexity index is 657. The van der Waals surface area contributed by atoms with E-state index < -0.39 is 12.0 Å². The maximum absolute atomic E-state index is 11.6. The lowest BCUT2D eigenvalue weighted by molar-refractivity contribution is -0.140. The van der Waals surface area contributed by atoms with Gasteiger partial charge in [0.15, 0.2) is 11.9 Å². The summed E-state index contributed by atoms with van der Waals surface area (Å²) in [4.78, 5) is 12.8. The smallest absolute Gasteiger partial charge is 0.335 e. The van der Waals surface area contributed by atoms with Crippen LogP contribution in [-0.4, -0.2) is 31.3 Å². The van der Waals surface area contributed by atoms with Crippen LogP contribution in [0, 0.1) is 0 Å². The molecule has 2 aromatic rings. The van der Waals surface area contributed by atoms with Gasteiger partial charge in [-0.3, -0.25) is 0 Å². The molecule has 148 valence electrons. The quantitative estimate of drug-likeness (QED) is 0.481. The number of carboxylic acids is 1. The second-order valence-corrected chi connectivity index (χ2v) is 7.11. The van der Waals surface area contributed by atoms with Crippen molar-refractivity contribution in [1.29, 1.82) is 0 Å². The molecule has 0 spiro atoms. The summed E-state index contributed by atoms with van der Waals surface area (Å²) in [5, 5.41) is 21.8. The zero-order valence-electron chi connectivity index (χ0n) is 16.4. The van der Waals surface area contributed by atoms with E-state index in [-0.39, 0.29) is 0 Å². The van der Waals surface area contributed by atoms with Crippen molar-refractivity contribution in [3.8, 4) is 0 Å². The number of benzene rings is 1. The standard InChI is InChI=1S/C21H32N4O2/c1-2-3-4-5-6-7-8-9-10-14-17-19-22-24-25(23-19)20(21(26)27)18-15-12-11-13-16-18/h11-13,15-16,20H,2-10,14,17H2,1H3,(H,26,27). The highest BCUT2D eigenvalue weighted by Gasteiger charge is 2.24. The van der Waals surface area contributed by atoms with Gasteiger partial charge in [0.2, 0.25) is 0 Å². The molecule has 1 atom stereocenters. The second kappa shape index (κ2) is 12.2. The zero-order chi connectivity index (χ0) is 19.3. The minimum atomic E-state index is -0.982. The maximum atomic E-state index is 11.6. The molecule has 6 heteroatoms. The van der Waals surface area contributed by atoms with Gasteiger partial charge in [-0.15, -0.1) is 15.0 Å². The number of rotatable bonds is 14. The number of aliphatic carboxylic acids is 1. The summed E-state index contributed by atoms with van der Waals surface area (Å²) in [6.45, 7) is 2.25. The van der Waals surface area contributed by atoms with Crippen LogP contribution in [0.4, 0.5) is 0 Å². The van der Waals surface area contributed by atoms with Gasteiger partial charge < -0.3 is 5.11 Å². The van der Waals surface area contributed by atoms with E-state index in [2.05, 4.69) is 22.3 Å². The molecule has 0 aliphatic heterocycles. The number of carboxylic acid groups (broad SMARTS) is 1. The van der Waals surface area contributed by atoms with E-state index in [1.165, 1.54) is 56.2 Å². The van der Waals surface area contributed by atoms with Crippen LogP contribution in [0.25, 0.3) is 0 Å². The van der Waals surface area contributed by atoms with E-state index in [0.29, 0.717) is 11.4 Å². The zero-order valence-corrected chi connectivity index (χ0v) is 16.4. The van der Waals surface area contributed by atoms with Gasteiger partial charge in [-0.2, -0.15) is 0 Å². The molecule has 0 aliphatic rings. The van der Waals surface area contributed by atoms with Crippen molar-refractivity contribution < 1.29 is 9.90 Å². The fourth-order valence-corrected chi connectivity index (χ4v) is 3.25. The molecule has 1 aromatic heterocycles. The van der Waals surface area contributed by atoms with E-state index in [1.807, 2.05) is 18.2 Å². The van der Waals surface area contributed by atoms with Crippen LogP contribution in [0.1, 0.15) is 88.6 Å². The largest absolute Gasteiger partial charge is 0.479 e. The Morgan fingerprint density at radius 3 is 2.15 bits per heavy atom. The van der Waals surface area contributed by atoms with Crippen LogP contribution in [0.3, 0.4) is 0 Å². The summed E-state index contributed by atoms with van der Waals surface area (Å²) in [5.41, 5.74) is 0.646. The van der Waals surface area contributed by atoms with E-state index >= 15 is 0 Å². The Morgan fingerprint density at radius 1 is 0.963 bits per heavy atom. The molecule has 0 amide bonds. The third kappa shape index (κ3) is 7.49. The molecule has 0 saturated heterocycles. The highest BCUT2D eigenvalue weighted by molar-refractivity contribution is 5.75. The lowest BCUT2D eigenvalue weighted by atomic mass is 10.1. The predicted octanol–water partition coefficient (Wildman–Crippen LogP) is 4.81. The number of nitrogens with zero attached hydrogens (tertiary/aromatic N) is 4. The van der Waals surface area contributed by atoms with Gasteiger partial charge >= 0.3 is 5.97 Å². The third-order valence-electron chi connectivity index (χ3n) is 4.80. The van der Waals surface area contributed by atoms with Crippen LogP contribution in [0.2, 0.25) is 0 Å². The summed E-state index contributed by atoms with van der Waals surface area (Å²) in [5.74, 6) is -0.360. The minimum Gasteiger partial charge on any atom is -0.479 e. The summed E-state index contributed by atoms with van der Waals surface area (Å²) >= 11 is 0. The first kappa shape index (κ1) is 21.1. The van der Waals surface area contributed by atoms with Crippen molar-refractivity contribution in [2.75, 3.05) is 0 Å². The third-order valence-corrected chi connectivity index (χ3v) is 4.80. The van der Waals surface area contributed by atoms with Crippen LogP contribution >= 0.6 is 0 Å². The Labute approximate surface area is 162 Å². The normalized spacial score (nSPS) is 12.2. The number of aryl methyl sites for hydroxylation is 1. The molecule has 27 heavy (non-hydrogen) atoms. The number of carbonyl (C=O) groups is 1. The molecule has 1 N–H and O–H groups in total. The lowest BCUT2D eigenvalue weighted by Gasteiger charge is -2.10. The molecule has 0 radical (unpaired) electrons. The van der Waals surface area contributed by atoms with Crippen molar-refractivity contribution in [3.63, 3.8) is 0 Å². The first-order valence-corrected chi connectivity index (χ1v) is 10.3. The number of hydrogen-bond donors (Lipinski definition) is 1. The van der Waals surface area contributed by atoms with E-state index in [0.717, 1.165) is 19.3 Å². The van der Waals surface area contributed by atoms with Crippen LogP contribution in [0.15, 0.2) is 30.3 Å². The molecule has 0 aliphatic carbocycles. The summed E-state index contributed by atoms with van der Waals surface area (Å²) in [6.07, 6.45) is 13.5. The maximum Gasteiger partial charge on any atom is 0.335 e. The number of unbranched alkanes of at least 4 members (excludes halogenated alkanes) is 9. The first-order valence-electron chi connectivity index (χ1n) is 10.3. The number of tetrazole rings is 1. The van der Waals surface area contributed by atoms with Crippen LogP contribution in [0.5, 0.6) is 0 Å². The second-order valence-electron chi connectivity index (χ2n) is 7.11. The molecular formula is C21H32N4O2. The number of aromatic nitrogens is 4. The van der Waals surface area contributed by atoms with Crippen molar-refractivity contribution in [2.45, 2.75) is 83.6 Å². The molecule has 1 heterocycles. The van der Waals surface area contributed by atoms with Crippen molar-refractivity contribution >= 4 is 5.97 Å². The van der Waals surface area contributed by atoms with Crippen molar-refractivity contribution in [2.24, 2.45) is 0 Å². The molecule has 0 fully saturated rings. The summed E-state index contributed by atoms with van der Waals surface area (Å²) in [7, 11) is 0. The van der Waals surface area contributed by atoms with Crippen molar-refractivity contribution in [1.82, 2.24) is 20.2 Å². The molecule has 1 unspecified atom stereocenters. The monoisotopic (exact) mass is 372 g/mol. The summed E-state index contributed by atoms with van der Waals surface area (Å²) in [6, 6.07) is 8.09. The predicted molar refractivity (Wildman–Crippen MR) is 106 cm³/mol. The summed E-state index contributed by atoms with van der Waals surface area (Å²) < 4.78 is 0. The lowest BCUT2D eigenvalue weighted by Crippen LogP contribution is -2.22. The van der Waals surface area contributed by atoms with E-state index in [4.69, 9.17) is 0 Å². The fraction of sp³-hybridized carbons (Fsp3) is 0.619. The SMILES string of the molecule is CCCCCCCCCCCCc1nnn(C(C(=O)O)c2ccccc2)n1. The van der Waals surface area contributed by atoms with E-state index in [1.54, 1.807) is 12.1 Å². The molecule has 6 nitrogen and oxygen atoms in total. The number of hydrogen-bond acceptors (Lipinski definition) is 4. The Hall–Kier alpha value is -2.24. The Kier molecular flexibility index (Phi) is 9.52. The highest BCUT2D eigenvalue weighted by atomic mass is 16.4.